The molecule has 7 nitrogen and oxygen atoms in total. The molecule has 3 amide bonds. The molecule has 178 valence electrons. The van der Waals surface area contributed by atoms with Crippen molar-refractivity contribution in [2.75, 3.05) is 33.4 Å². The van der Waals surface area contributed by atoms with Gasteiger partial charge in [-0.05, 0) is 68.2 Å². The van der Waals surface area contributed by atoms with E-state index in [1.165, 1.54) is 4.88 Å². The number of fused-ring (bicyclic) bond motifs is 1. The van der Waals surface area contributed by atoms with E-state index >= 15 is 0 Å². The van der Waals surface area contributed by atoms with E-state index in [1.807, 2.05) is 43.0 Å². The Bertz CT molecular complexity index is 972. The van der Waals surface area contributed by atoms with Crippen LogP contribution in [0, 0.1) is 5.92 Å². The third-order valence-electron chi connectivity index (χ3n) is 6.08. The number of methoxy groups -OCH3 is 1. The predicted molar refractivity (Wildman–Crippen MR) is 129 cm³/mol. The number of nitrogens with zero attached hydrogens (tertiary/aromatic N) is 2. The lowest BCUT2D eigenvalue weighted by Crippen LogP contribution is -2.51. The molecule has 2 aromatic rings. The Morgan fingerprint density at radius 2 is 1.97 bits per heavy atom. The highest BCUT2D eigenvalue weighted by atomic mass is 32.1. The minimum Gasteiger partial charge on any atom is -0.493 e. The van der Waals surface area contributed by atoms with Crippen LogP contribution in [0.25, 0.3) is 0 Å². The van der Waals surface area contributed by atoms with Gasteiger partial charge in [0.25, 0.3) is 0 Å². The summed E-state index contributed by atoms with van der Waals surface area (Å²) in [5.74, 6) is 1.78. The SMILES string of the molecule is COc1ccccc1OCC1c2ccsc2CCN1C(=O)CN(CC1CC1)C(=O)NC(C)C. The van der Waals surface area contributed by atoms with Crippen LogP contribution in [-0.2, 0) is 11.2 Å². The molecule has 1 aromatic carbocycles. The second-order valence-electron chi connectivity index (χ2n) is 9.04. The molecule has 0 saturated heterocycles. The van der Waals surface area contributed by atoms with Gasteiger partial charge in [0.15, 0.2) is 11.5 Å². The Morgan fingerprint density at radius 3 is 2.67 bits per heavy atom. The van der Waals surface area contributed by atoms with Crippen LogP contribution in [0.1, 0.15) is 43.2 Å². The van der Waals surface area contributed by atoms with E-state index in [1.54, 1.807) is 23.3 Å². The summed E-state index contributed by atoms with van der Waals surface area (Å²) in [4.78, 5) is 31.1. The molecule has 1 atom stereocenters. The Morgan fingerprint density at radius 1 is 1.21 bits per heavy atom. The molecule has 1 unspecified atom stereocenters. The Hall–Kier alpha value is -2.74. The van der Waals surface area contributed by atoms with Gasteiger partial charge in [0.1, 0.15) is 13.2 Å². The molecule has 2 heterocycles. The van der Waals surface area contributed by atoms with Crippen LogP contribution in [0.15, 0.2) is 35.7 Å². The molecule has 0 bridgehead atoms. The standard InChI is InChI=1S/C25H33N3O4S/c1-17(2)26-25(30)27(14-18-8-9-18)15-24(29)28-12-10-23-19(11-13-33-23)20(28)16-32-22-7-5-4-6-21(22)31-3/h4-7,11,13,17-18,20H,8-10,12,14-16H2,1-3H3,(H,26,30). The van der Waals surface area contributed by atoms with E-state index in [-0.39, 0.29) is 30.6 Å². The number of hydrogen-bond donors (Lipinski definition) is 1. The third-order valence-corrected chi connectivity index (χ3v) is 7.08. The average Bonchev–Trinajstić information content (AvgIpc) is 3.49. The van der Waals surface area contributed by atoms with Crippen LogP contribution in [0.4, 0.5) is 4.79 Å². The fourth-order valence-electron chi connectivity index (χ4n) is 4.21. The minimum absolute atomic E-state index is 0.0275. The summed E-state index contributed by atoms with van der Waals surface area (Å²) >= 11 is 1.72. The molecule has 1 fully saturated rings. The highest BCUT2D eigenvalue weighted by molar-refractivity contribution is 7.10. The molecule has 1 N–H and O–H groups in total. The number of hydrogen-bond acceptors (Lipinski definition) is 5. The van der Waals surface area contributed by atoms with Crippen molar-refractivity contribution in [3.8, 4) is 11.5 Å². The first kappa shape index (κ1) is 23.4. The van der Waals surface area contributed by atoms with Gasteiger partial charge in [-0.15, -0.1) is 11.3 Å². The molecule has 0 radical (unpaired) electrons. The normalized spacial score (nSPS) is 17.5. The maximum atomic E-state index is 13.5. The summed E-state index contributed by atoms with van der Waals surface area (Å²) < 4.78 is 11.6. The lowest BCUT2D eigenvalue weighted by atomic mass is 10.0. The van der Waals surface area contributed by atoms with Gasteiger partial charge in [0.05, 0.1) is 13.2 Å². The van der Waals surface area contributed by atoms with Crippen LogP contribution in [0.2, 0.25) is 0 Å². The van der Waals surface area contributed by atoms with E-state index in [9.17, 15) is 9.59 Å². The van der Waals surface area contributed by atoms with Gasteiger partial charge in [-0.1, -0.05) is 12.1 Å². The molecular weight excluding hydrogens is 438 g/mol. The summed E-state index contributed by atoms with van der Waals surface area (Å²) in [6.45, 7) is 5.53. The van der Waals surface area contributed by atoms with Crippen LogP contribution >= 0.6 is 11.3 Å². The van der Waals surface area contributed by atoms with Crippen molar-refractivity contribution in [1.29, 1.82) is 0 Å². The fourth-order valence-corrected chi connectivity index (χ4v) is 5.13. The first-order chi connectivity index (χ1) is 16.0. The number of benzene rings is 1. The van der Waals surface area contributed by atoms with E-state index in [0.29, 0.717) is 37.1 Å². The van der Waals surface area contributed by atoms with Crippen molar-refractivity contribution in [3.63, 3.8) is 0 Å². The third kappa shape index (κ3) is 5.79. The van der Waals surface area contributed by atoms with Gasteiger partial charge in [0, 0.05) is 24.0 Å². The maximum Gasteiger partial charge on any atom is 0.318 e. The lowest BCUT2D eigenvalue weighted by Gasteiger charge is -2.37. The molecule has 1 aliphatic heterocycles. The monoisotopic (exact) mass is 471 g/mol. The second-order valence-corrected chi connectivity index (χ2v) is 10.0. The second kappa shape index (κ2) is 10.5. The zero-order valence-electron chi connectivity index (χ0n) is 19.6. The van der Waals surface area contributed by atoms with Crippen LogP contribution in [-0.4, -0.2) is 61.1 Å². The van der Waals surface area contributed by atoms with Gasteiger partial charge < -0.3 is 24.6 Å². The smallest absolute Gasteiger partial charge is 0.318 e. The number of urea groups is 1. The molecule has 33 heavy (non-hydrogen) atoms. The van der Waals surface area contributed by atoms with Crippen LogP contribution < -0.4 is 14.8 Å². The van der Waals surface area contributed by atoms with E-state index in [2.05, 4.69) is 16.8 Å². The molecule has 1 saturated carbocycles. The van der Waals surface area contributed by atoms with E-state index < -0.39 is 0 Å². The van der Waals surface area contributed by atoms with Gasteiger partial charge >= 0.3 is 6.03 Å². The molecule has 1 aromatic heterocycles. The van der Waals surface area contributed by atoms with Crippen molar-refractivity contribution in [2.45, 2.75) is 45.2 Å². The molecular formula is C25H33N3O4S. The number of carbonyl (C=O) groups is 2. The fraction of sp³-hybridized carbons (Fsp3) is 0.520. The number of amides is 3. The minimum atomic E-state index is -0.201. The van der Waals surface area contributed by atoms with Crippen LogP contribution in [0.3, 0.4) is 0 Å². The van der Waals surface area contributed by atoms with Crippen molar-refractivity contribution in [3.05, 3.63) is 46.2 Å². The average molecular weight is 472 g/mol. The number of rotatable bonds is 9. The summed E-state index contributed by atoms with van der Waals surface area (Å²) in [5, 5.41) is 5.02. The first-order valence-corrected chi connectivity index (χ1v) is 12.5. The number of nitrogens with one attached hydrogen (secondary N) is 1. The Labute approximate surface area is 199 Å². The van der Waals surface area contributed by atoms with Crippen LogP contribution in [0.5, 0.6) is 11.5 Å². The number of carbonyl (C=O) groups excluding carboxylic acids is 2. The van der Waals surface area contributed by atoms with Crippen molar-refractivity contribution in [2.24, 2.45) is 5.92 Å². The summed E-state index contributed by atoms with van der Waals surface area (Å²) in [6.07, 6.45) is 3.07. The summed E-state index contributed by atoms with van der Waals surface area (Å²) in [5.41, 5.74) is 1.13. The largest absolute Gasteiger partial charge is 0.493 e. The van der Waals surface area contributed by atoms with Gasteiger partial charge in [-0.2, -0.15) is 0 Å². The van der Waals surface area contributed by atoms with Crippen molar-refractivity contribution in [1.82, 2.24) is 15.1 Å². The zero-order valence-corrected chi connectivity index (χ0v) is 20.4. The number of para-hydroxylation sites is 2. The highest BCUT2D eigenvalue weighted by Gasteiger charge is 2.35. The quantitative estimate of drug-likeness (QED) is 0.598. The van der Waals surface area contributed by atoms with E-state index in [0.717, 1.165) is 24.8 Å². The van der Waals surface area contributed by atoms with Gasteiger partial charge in [-0.3, -0.25) is 4.79 Å². The van der Waals surface area contributed by atoms with Crippen molar-refractivity contribution >= 4 is 23.3 Å². The number of thiophene rings is 1. The Balaban J connectivity index is 1.50. The van der Waals surface area contributed by atoms with Gasteiger partial charge in [0.2, 0.25) is 5.91 Å². The van der Waals surface area contributed by atoms with Crippen molar-refractivity contribution < 1.29 is 19.1 Å². The lowest BCUT2D eigenvalue weighted by molar-refractivity contribution is -0.135. The Kier molecular flexibility index (Phi) is 7.42. The molecule has 2 aliphatic rings. The maximum absolute atomic E-state index is 13.5. The van der Waals surface area contributed by atoms with E-state index in [4.69, 9.17) is 9.47 Å². The molecule has 1 aliphatic carbocycles. The highest BCUT2D eigenvalue weighted by Crippen LogP contribution is 2.35. The summed E-state index contributed by atoms with van der Waals surface area (Å²) in [6, 6.07) is 9.28. The first-order valence-electron chi connectivity index (χ1n) is 11.6. The summed E-state index contributed by atoms with van der Waals surface area (Å²) in [7, 11) is 1.62. The molecule has 8 heteroatoms. The predicted octanol–water partition coefficient (Wildman–Crippen LogP) is 4.09. The zero-order chi connectivity index (χ0) is 23.4. The molecule has 4 rings (SSSR count). The number of ether oxygens (including phenoxy) is 2. The topological polar surface area (TPSA) is 71.1 Å². The van der Waals surface area contributed by atoms with Gasteiger partial charge in [-0.25, -0.2) is 4.79 Å². The molecule has 0 spiro atoms.